The predicted molar refractivity (Wildman–Crippen MR) is 53.4 cm³/mol. The highest BCUT2D eigenvalue weighted by Gasteiger charge is 2.09. The quantitative estimate of drug-likeness (QED) is 0.764. The smallest absolute Gasteiger partial charge is 0.181 e. The maximum atomic E-state index is 11.0. The van der Waals surface area contributed by atoms with E-state index in [1.165, 1.54) is 13.3 Å². The second kappa shape index (κ2) is 3.42. The first-order chi connectivity index (χ1) is 6.66. The van der Waals surface area contributed by atoms with Crippen molar-refractivity contribution < 1.29 is 9.21 Å². The van der Waals surface area contributed by atoms with Crippen molar-refractivity contribution in [3.63, 3.8) is 0 Å². The minimum absolute atomic E-state index is 0.0740. The van der Waals surface area contributed by atoms with Gasteiger partial charge in [0.25, 0.3) is 0 Å². The SMILES string of the molecule is CC(=O)Cc1cc(Cl)cc2ncoc12. The van der Waals surface area contributed by atoms with Crippen LogP contribution in [-0.4, -0.2) is 10.8 Å². The van der Waals surface area contributed by atoms with Crippen molar-refractivity contribution in [2.75, 3.05) is 0 Å². The molecule has 0 saturated heterocycles. The van der Waals surface area contributed by atoms with E-state index in [0.29, 0.717) is 22.5 Å². The van der Waals surface area contributed by atoms with Gasteiger partial charge >= 0.3 is 0 Å². The van der Waals surface area contributed by atoms with Gasteiger partial charge in [0.1, 0.15) is 11.3 Å². The van der Waals surface area contributed by atoms with Crippen LogP contribution in [0.15, 0.2) is 22.9 Å². The Morgan fingerprint density at radius 3 is 3.07 bits per heavy atom. The summed E-state index contributed by atoms with van der Waals surface area (Å²) in [6, 6.07) is 3.44. The van der Waals surface area contributed by atoms with E-state index in [-0.39, 0.29) is 5.78 Å². The van der Waals surface area contributed by atoms with Crippen LogP contribution in [0.2, 0.25) is 5.02 Å². The van der Waals surface area contributed by atoms with Gasteiger partial charge in [0.2, 0.25) is 0 Å². The number of oxazole rings is 1. The minimum Gasteiger partial charge on any atom is -0.443 e. The normalized spacial score (nSPS) is 10.7. The molecule has 72 valence electrons. The summed E-state index contributed by atoms with van der Waals surface area (Å²) in [7, 11) is 0. The van der Waals surface area contributed by atoms with E-state index in [2.05, 4.69) is 4.98 Å². The van der Waals surface area contributed by atoms with Gasteiger partial charge in [-0.05, 0) is 19.1 Å². The monoisotopic (exact) mass is 209 g/mol. The second-order valence-electron chi connectivity index (χ2n) is 3.14. The Morgan fingerprint density at radius 2 is 2.36 bits per heavy atom. The zero-order chi connectivity index (χ0) is 10.1. The summed E-state index contributed by atoms with van der Waals surface area (Å²) in [5, 5.41) is 0.572. The van der Waals surface area contributed by atoms with Gasteiger partial charge in [0, 0.05) is 17.0 Å². The largest absolute Gasteiger partial charge is 0.443 e. The van der Waals surface area contributed by atoms with E-state index >= 15 is 0 Å². The van der Waals surface area contributed by atoms with Crippen LogP contribution in [0.4, 0.5) is 0 Å². The van der Waals surface area contributed by atoms with Gasteiger partial charge in [-0.3, -0.25) is 4.79 Å². The lowest BCUT2D eigenvalue weighted by molar-refractivity contribution is -0.116. The molecule has 2 aromatic rings. The maximum Gasteiger partial charge on any atom is 0.181 e. The lowest BCUT2D eigenvalue weighted by Crippen LogP contribution is -1.96. The van der Waals surface area contributed by atoms with Crippen molar-refractivity contribution in [3.05, 3.63) is 29.1 Å². The Morgan fingerprint density at radius 1 is 1.57 bits per heavy atom. The molecule has 2 rings (SSSR count). The summed E-state index contributed by atoms with van der Waals surface area (Å²) >= 11 is 5.87. The Hall–Kier alpha value is -1.35. The molecule has 0 fully saturated rings. The molecule has 14 heavy (non-hydrogen) atoms. The molecule has 0 aliphatic carbocycles. The molecule has 0 spiro atoms. The van der Waals surface area contributed by atoms with Crippen LogP contribution >= 0.6 is 11.6 Å². The van der Waals surface area contributed by atoms with Gasteiger partial charge in [-0.15, -0.1) is 0 Å². The molecule has 0 saturated carbocycles. The molecule has 1 aromatic carbocycles. The topological polar surface area (TPSA) is 43.1 Å². The van der Waals surface area contributed by atoms with Crippen LogP contribution < -0.4 is 0 Å². The Bertz CT molecular complexity index is 490. The molecule has 0 aliphatic heterocycles. The van der Waals surface area contributed by atoms with Crippen molar-refractivity contribution in [2.24, 2.45) is 0 Å². The average Bonchev–Trinajstić information content (AvgIpc) is 2.50. The third-order valence-corrected chi connectivity index (χ3v) is 2.13. The summed E-state index contributed by atoms with van der Waals surface area (Å²) in [4.78, 5) is 15.0. The number of halogens is 1. The summed E-state index contributed by atoms with van der Waals surface area (Å²) in [5.74, 6) is 0.0740. The zero-order valence-corrected chi connectivity index (χ0v) is 8.34. The highest BCUT2D eigenvalue weighted by molar-refractivity contribution is 6.31. The Kier molecular flexibility index (Phi) is 2.25. The molecule has 0 atom stereocenters. The van der Waals surface area contributed by atoms with Crippen molar-refractivity contribution in [2.45, 2.75) is 13.3 Å². The fraction of sp³-hybridized carbons (Fsp3) is 0.200. The fourth-order valence-corrected chi connectivity index (χ4v) is 1.64. The van der Waals surface area contributed by atoms with E-state index < -0.39 is 0 Å². The molecule has 1 aromatic heterocycles. The predicted octanol–water partition coefficient (Wildman–Crippen LogP) is 2.61. The average molecular weight is 210 g/mol. The van der Waals surface area contributed by atoms with Gasteiger partial charge in [-0.1, -0.05) is 11.6 Å². The number of benzene rings is 1. The van der Waals surface area contributed by atoms with Crippen molar-refractivity contribution in [1.82, 2.24) is 4.98 Å². The van der Waals surface area contributed by atoms with Crippen LogP contribution in [0.5, 0.6) is 0 Å². The lowest BCUT2D eigenvalue weighted by atomic mass is 10.1. The van der Waals surface area contributed by atoms with Gasteiger partial charge in [-0.2, -0.15) is 0 Å². The first kappa shape index (κ1) is 9.21. The molecule has 4 heteroatoms. The van der Waals surface area contributed by atoms with Crippen molar-refractivity contribution >= 4 is 28.5 Å². The molecule has 1 heterocycles. The molecule has 0 bridgehead atoms. The summed E-state index contributed by atoms with van der Waals surface area (Å²) in [6.07, 6.45) is 1.68. The number of ketones is 1. The van der Waals surface area contributed by atoms with Gasteiger partial charge in [0.15, 0.2) is 12.0 Å². The van der Waals surface area contributed by atoms with Gasteiger partial charge in [0.05, 0.1) is 0 Å². The summed E-state index contributed by atoms with van der Waals surface area (Å²) in [5.41, 5.74) is 2.12. The third-order valence-electron chi connectivity index (χ3n) is 1.91. The molecule has 3 nitrogen and oxygen atoms in total. The molecule has 0 radical (unpaired) electrons. The third kappa shape index (κ3) is 1.63. The first-order valence-corrected chi connectivity index (χ1v) is 4.55. The highest BCUT2D eigenvalue weighted by Crippen LogP contribution is 2.23. The van der Waals surface area contributed by atoms with Gasteiger partial charge in [-0.25, -0.2) is 4.98 Å². The number of fused-ring (bicyclic) bond motifs is 1. The minimum atomic E-state index is 0.0740. The van der Waals surface area contributed by atoms with E-state index in [1.807, 2.05) is 0 Å². The van der Waals surface area contributed by atoms with Crippen LogP contribution in [0.1, 0.15) is 12.5 Å². The number of Topliss-reactive ketones (excluding diaryl/α,β-unsaturated/α-hetero) is 1. The molecule has 0 N–H and O–H groups in total. The van der Waals surface area contributed by atoms with E-state index in [1.54, 1.807) is 12.1 Å². The van der Waals surface area contributed by atoms with Crippen LogP contribution in [0, 0.1) is 0 Å². The Balaban J connectivity index is 2.60. The lowest BCUT2D eigenvalue weighted by Gasteiger charge is -1.99. The molecule has 0 unspecified atom stereocenters. The molecular formula is C10H8ClNO2. The summed E-state index contributed by atoms with van der Waals surface area (Å²) < 4.78 is 5.18. The summed E-state index contributed by atoms with van der Waals surface area (Å²) in [6.45, 7) is 1.53. The number of nitrogens with zero attached hydrogens (tertiary/aromatic N) is 1. The van der Waals surface area contributed by atoms with E-state index in [9.17, 15) is 4.79 Å². The number of hydrogen-bond acceptors (Lipinski definition) is 3. The van der Waals surface area contributed by atoms with Gasteiger partial charge < -0.3 is 4.42 Å². The molecule has 0 amide bonds. The molecular weight excluding hydrogens is 202 g/mol. The Labute approximate surface area is 85.7 Å². The van der Waals surface area contributed by atoms with E-state index in [4.69, 9.17) is 16.0 Å². The number of aromatic nitrogens is 1. The van der Waals surface area contributed by atoms with Crippen molar-refractivity contribution in [1.29, 1.82) is 0 Å². The van der Waals surface area contributed by atoms with Crippen LogP contribution in [-0.2, 0) is 11.2 Å². The number of carbonyl (C=O) groups is 1. The number of rotatable bonds is 2. The van der Waals surface area contributed by atoms with Crippen LogP contribution in [0.3, 0.4) is 0 Å². The van der Waals surface area contributed by atoms with Crippen LogP contribution in [0.25, 0.3) is 11.1 Å². The number of hydrogen-bond donors (Lipinski definition) is 0. The first-order valence-electron chi connectivity index (χ1n) is 4.18. The second-order valence-corrected chi connectivity index (χ2v) is 3.58. The van der Waals surface area contributed by atoms with E-state index in [0.717, 1.165) is 5.56 Å². The number of carbonyl (C=O) groups excluding carboxylic acids is 1. The molecule has 0 aliphatic rings. The highest BCUT2D eigenvalue weighted by atomic mass is 35.5. The maximum absolute atomic E-state index is 11.0. The fourth-order valence-electron chi connectivity index (χ4n) is 1.40. The standard InChI is InChI=1S/C10H8ClNO2/c1-6(13)2-7-3-8(11)4-9-10(7)14-5-12-9/h3-5H,2H2,1H3. The van der Waals surface area contributed by atoms with Crippen molar-refractivity contribution in [3.8, 4) is 0 Å². The zero-order valence-electron chi connectivity index (χ0n) is 7.58.